The van der Waals surface area contributed by atoms with Gasteiger partial charge in [-0.25, -0.2) is 4.98 Å². The average molecular weight is 286 g/mol. The van der Waals surface area contributed by atoms with Crippen LogP contribution in [0.4, 0.5) is 0 Å². The molecule has 0 spiro atoms. The number of halogens is 3. The van der Waals surface area contributed by atoms with Crippen LogP contribution in [0, 0.1) is 0 Å². The zero-order chi connectivity index (χ0) is 9.80. The van der Waals surface area contributed by atoms with E-state index in [-0.39, 0.29) is 24.8 Å². The van der Waals surface area contributed by atoms with E-state index in [0.29, 0.717) is 23.6 Å². The minimum absolute atomic E-state index is 0. The van der Waals surface area contributed by atoms with Crippen LogP contribution < -0.4 is 10.1 Å². The van der Waals surface area contributed by atoms with Crippen LogP contribution >= 0.6 is 36.4 Å². The third kappa shape index (κ3) is 4.34. The molecule has 1 aliphatic rings. The highest BCUT2D eigenvalue weighted by atomic mass is 35.5. The maximum absolute atomic E-state index is 5.90. The Kier molecular flexibility index (Phi) is 7.85. The number of hydrogen-bond acceptors (Lipinski definition) is 3. The fourth-order valence-corrected chi connectivity index (χ4v) is 1.73. The molecule has 1 atom stereocenters. The van der Waals surface area contributed by atoms with Gasteiger partial charge >= 0.3 is 0 Å². The Bertz CT molecular complexity index is 306. The van der Waals surface area contributed by atoms with Crippen molar-refractivity contribution in [3.05, 3.63) is 23.4 Å². The Morgan fingerprint density at radius 1 is 1.50 bits per heavy atom. The molecule has 16 heavy (non-hydrogen) atoms. The van der Waals surface area contributed by atoms with Crippen molar-refractivity contribution in [3.63, 3.8) is 0 Å². The molecule has 0 amide bonds. The molecule has 0 unspecified atom stereocenters. The number of rotatable bonds is 3. The minimum Gasteiger partial charge on any atom is -0.475 e. The lowest BCUT2D eigenvalue weighted by atomic mass is 10.2. The molecule has 6 heteroatoms. The molecule has 92 valence electrons. The van der Waals surface area contributed by atoms with E-state index < -0.39 is 0 Å². The number of hydrogen-bond donors (Lipinski definition) is 1. The molecule has 1 saturated heterocycles. The molecule has 0 saturated carbocycles. The van der Waals surface area contributed by atoms with E-state index >= 15 is 0 Å². The van der Waals surface area contributed by atoms with Crippen LogP contribution in [0.1, 0.15) is 12.8 Å². The molecule has 0 aliphatic carbocycles. The lowest BCUT2D eigenvalue weighted by Gasteiger charge is -2.11. The lowest BCUT2D eigenvalue weighted by Crippen LogP contribution is -2.28. The highest BCUT2D eigenvalue weighted by Crippen LogP contribution is 2.20. The second-order valence-electron chi connectivity index (χ2n) is 3.39. The van der Waals surface area contributed by atoms with Crippen molar-refractivity contribution in [3.8, 4) is 5.88 Å². The maximum Gasteiger partial charge on any atom is 0.232 e. The summed E-state index contributed by atoms with van der Waals surface area (Å²) in [4.78, 5) is 4.06. The Morgan fingerprint density at radius 3 is 2.94 bits per heavy atom. The Labute approximate surface area is 113 Å². The molecule has 0 aromatic carbocycles. The van der Waals surface area contributed by atoms with Crippen LogP contribution in [0.15, 0.2) is 18.3 Å². The number of pyridine rings is 1. The van der Waals surface area contributed by atoms with Gasteiger partial charge < -0.3 is 10.1 Å². The molecule has 0 radical (unpaired) electrons. The smallest absolute Gasteiger partial charge is 0.232 e. The topological polar surface area (TPSA) is 34.1 Å². The van der Waals surface area contributed by atoms with Crippen LogP contribution in [0.3, 0.4) is 0 Å². The van der Waals surface area contributed by atoms with E-state index in [0.717, 1.165) is 6.54 Å². The quantitative estimate of drug-likeness (QED) is 0.927. The molecule has 2 rings (SSSR count). The summed E-state index contributed by atoms with van der Waals surface area (Å²) in [6.45, 7) is 1.74. The largest absolute Gasteiger partial charge is 0.475 e. The molecular weight excluding hydrogens is 270 g/mol. The molecular formula is C10H15Cl3N2O. The highest BCUT2D eigenvalue weighted by Gasteiger charge is 2.15. The summed E-state index contributed by atoms with van der Waals surface area (Å²) in [5, 5.41) is 3.92. The third-order valence-corrected chi connectivity index (χ3v) is 2.60. The first-order valence-corrected chi connectivity index (χ1v) is 5.21. The number of nitrogens with zero attached hydrogens (tertiary/aromatic N) is 1. The van der Waals surface area contributed by atoms with E-state index in [2.05, 4.69) is 10.3 Å². The molecule has 1 aromatic heterocycles. The van der Waals surface area contributed by atoms with Crippen LogP contribution in [-0.4, -0.2) is 24.2 Å². The van der Waals surface area contributed by atoms with E-state index in [1.54, 1.807) is 18.3 Å². The number of aromatic nitrogens is 1. The molecule has 1 fully saturated rings. The van der Waals surface area contributed by atoms with E-state index in [1.165, 1.54) is 12.8 Å². The Hall–Kier alpha value is -0.220. The third-order valence-electron chi connectivity index (χ3n) is 2.31. The molecule has 1 aliphatic heterocycles. The van der Waals surface area contributed by atoms with Crippen LogP contribution in [0.5, 0.6) is 5.88 Å². The van der Waals surface area contributed by atoms with Gasteiger partial charge in [-0.2, -0.15) is 0 Å². The predicted molar refractivity (Wildman–Crippen MR) is 70.3 cm³/mol. The van der Waals surface area contributed by atoms with Crippen molar-refractivity contribution in [2.45, 2.75) is 18.9 Å². The summed E-state index contributed by atoms with van der Waals surface area (Å²) in [5.74, 6) is 0.530. The van der Waals surface area contributed by atoms with Crippen molar-refractivity contribution in [1.29, 1.82) is 0 Å². The average Bonchev–Trinajstić information content (AvgIpc) is 2.69. The monoisotopic (exact) mass is 284 g/mol. The van der Waals surface area contributed by atoms with Crippen LogP contribution in [0.2, 0.25) is 5.02 Å². The highest BCUT2D eigenvalue weighted by molar-refractivity contribution is 6.31. The van der Waals surface area contributed by atoms with E-state index in [9.17, 15) is 0 Å². The van der Waals surface area contributed by atoms with Crippen molar-refractivity contribution in [1.82, 2.24) is 10.3 Å². The Morgan fingerprint density at radius 2 is 2.31 bits per heavy atom. The zero-order valence-electron chi connectivity index (χ0n) is 8.69. The molecule has 1 aromatic rings. The van der Waals surface area contributed by atoms with Crippen molar-refractivity contribution < 1.29 is 4.74 Å². The predicted octanol–water partition coefficient (Wildman–Crippen LogP) is 2.71. The van der Waals surface area contributed by atoms with Crippen LogP contribution in [0.25, 0.3) is 0 Å². The second-order valence-corrected chi connectivity index (χ2v) is 3.80. The van der Waals surface area contributed by atoms with E-state index in [1.807, 2.05) is 0 Å². The van der Waals surface area contributed by atoms with Gasteiger partial charge in [0.25, 0.3) is 0 Å². The lowest BCUT2D eigenvalue weighted by molar-refractivity contribution is 0.268. The first-order valence-electron chi connectivity index (χ1n) is 4.83. The number of ether oxygens (including phenoxy) is 1. The normalized spacial score (nSPS) is 18.4. The molecule has 3 nitrogen and oxygen atoms in total. The van der Waals surface area contributed by atoms with Crippen molar-refractivity contribution >= 4 is 36.4 Å². The summed E-state index contributed by atoms with van der Waals surface area (Å²) < 4.78 is 5.52. The summed E-state index contributed by atoms with van der Waals surface area (Å²) in [6.07, 6.45) is 4.08. The second kappa shape index (κ2) is 7.96. The van der Waals surface area contributed by atoms with Gasteiger partial charge in [-0.15, -0.1) is 24.8 Å². The summed E-state index contributed by atoms with van der Waals surface area (Å²) >= 11 is 5.90. The van der Waals surface area contributed by atoms with Gasteiger partial charge in [-0.3, -0.25) is 0 Å². The molecule has 0 bridgehead atoms. The van der Waals surface area contributed by atoms with Gasteiger partial charge in [0.2, 0.25) is 5.88 Å². The fraction of sp³-hybridized carbons (Fsp3) is 0.500. The number of nitrogens with one attached hydrogen (secondary N) is 1. The first kappa shape index (κ1) is 15.8. The first-order chi connectivity index (χ1) is 6.86. The summed E-state index contributed by atoms with van der Waals surface area (Å²) in [7, 11) is 0. The minimum atomic E-state index is 0. The molecule has 2 heterocycles. The van der Waals surface area contributed by atoms with E-state index in [4.69, 9.17) is 16.3 Å². The van der Waals surface area contributed by atoms with Gasteiger partial charge in [-0.1, -0.05) is 11.6 Å². The van der Waals surface area contributed by atoms with Gasteiger partial charge in [0, 0.05) is 12.2 Å². The van der Waals surface area contributed by atoms with Gasteiger partial charge in [0.05, 0.1) is 0 Å². The zero-order valence-corrected chi connectivity index (χ0v) is 11.1. The van der Waals surface area contributed by atoms with Crippen LogP contribution in [-0.2, 0) is 0 Å². The summed E-state index contributed by atoms with van der Waals surface area (Å²) in [6, 6.07) is 4.03. The fourth-order valence-electron chi connectivity index (χ4n) is 1.56. The molecule has 1 N–H and O–H groups in total. The van der Waals surface area contributed by atoms with Gasteiger partial charge in [0.15, 0.2) is 0 Å². The standard InChI is InChI=1S/C10H13ClN2O.2ClH/c11-9-4-2-6-13-10(9)14-7-8-3-1-5-12-8;;/h2,4,6,8,12H,1,3,5,7H2;2*1H/t8-;;/m1../s1. The maximum atomic E-state index is 5.90. The van der Waals surface area contributed by atoms with Gasteiger partial charge in [0.1, 0.15) is 11.6 Å². The summed E-state index contributed by atoms with van der Waals surface area (Å²) in [5.41, 5.74) is 0. The van der Waals surface area contributed by atoms with Crippen molar-refractivity contribution in [2.75, 3.05) is 13.2 Å². The van der Waals surface area contributed by atoms with Gasteiger partial charge in [-0.05, 0) is 31.5 Å². The Balaban J connectivity index is 0.00000112. The van der Waals surface area contributed by atoms with Crippen molar-refractivity contribution in [2.24, 2.45) is 0 Å². The SMILES string of the molecule is Cl.Cl.Clc1cccnc1OC[C@H]1CCCN1.